The molecule has 0 amide bonds. The van der Waals surface area contributed by atoms with Crippen molar-refractivity contribution in [3.05, 3.63) is 83.6 Å². The average molecular weight is 675 g/mol. The monoisotopic (exact) mass is 674 g/mol. The molecule has 1 aliphatic carbocycles. The normalized spacial score (nSPS) is 19.1. The van der Waals surface area contributed by atoms with Crippen molar-refractivity contribution in [2.75, 3.05) is 18.5 Å². The SMILES string of the molecule is O=C(OCCCCCCCCCCc1cnco1)C1CCC(CCOc2cccc(C(F)(F)C(F)(F)F)c2)C2Nc3ccccc3C=C12. The molecular formula is C37H43F5N2O4. The number of nitrogens with zero attached hydrogens (tertiary/aromatic N) is 1. The molecule has 1 saturated carbocycles. The Morgan fingerprint density at radius 2 is 1.65 bits per heavy atom. The highest BCUT2D eigenvalue weighted by molar-refractivity contribution is 5.83. The van der Waals surface area contributed by atoms with Gasteiger partial charge in [-0.1, -0.05) is 74.9 Å². The van der Waals surface area contributed by atoms with Crippen LogP contribution in [0.1, 0.15) is 87.5 Å². The quantitative estimate of drug-likeness (QED) is 0.0873. The molecule has 5 rings (SSSR count). The summed E-state index contributed by atoms with van der Waals surface area (Å²) >= 11 is 0. The van der Waals surface area contributed by atoms with Crippen molar-refractivity contribution >= 4 is 17.7 Å². The van der Waals surface area contributed by atoms with Crippen LogP contribution in [0.3, 0.4) is 0 Å². The van der Waals surface area contributed by atoms with Gasteiger partial charge in [0.2, 0.25) is 0 Å². The minimum Gasteiger partial charge on any atom is -0.494 e. The fourth-order valence-corrected chi connectivity index (χ4v) is 6.63. The van der Waals surface area contributed by atoms with Crippen LogP contribution in [0.4, 0.5) is 27.6 Å². The molecule has 1 fully saturated rings. The van der Waals surface area contributed by atoms with E-state index in [1.165, 1.54) is 31.7 Å². The number of rotatable bonds is 17. The third kappa shape index (κ3) is 9.17. The van der Waals surface area contributed by atoms with E-state index in [-0.39, 0.29) is 36.2 Å². The molecule has 0 saturated heterocycles. The second kappa shape index (κ2) is 16.5. The first kappa shape index (κ1) is 35.4. The van der Waals surface area contributed by atoms with Crippen molar-refractivity contribution in [2.45, 2.75) is 95.2 Å². The number of hydrogen-bond donors (Lipinski definition) is 1. The van der Waals surface area contributed by atoms with E-state index in [0.29, 0.717) is 25.9 Å². The summed E-state index contributed by atoms with van der Waals surface area (Å²) in [7, 11) is 0. The first-order chi connectivity index (χ1) is 23.1. The Balaban J connectivity index is 1.07. The van der Waals surface area contributed by atoms with Crippen LogP contribution in [-0.4, -0.2) is 36.4 Å². The molecule has 2 aromatic carbocycles. The predicted octanol–water partition coefficient (Wildman–Crippen LogP) is 9.91. The predicted molar refractivity (Wildman–Crippen MR) is 173 cm³/mol. The number of oxazole rings is 1. The lowest BCUT2D eigenvalue weighted by molar-refractivity contribution is -0.289. The number of anilines is 1. The summed E-state index contributed by atoms with van der Waals surface area (Å²) in [6.07, 6.45) is 11.1. The summed E-state index contributed by atoms with van der Waals surface area (Å²) in [6.45, 7) is 0.509. The maximum absolute atomic E-state index is 13.9. The standard InChI is InChI=1S/C37H43F5N2O4/c38-36(39,37(40,41)42)28-13-11-15-29(23-28)46-21-19-26-17-18-31(32-22-27-12-8-9-16-33(27)44-34(26)32)35(45)47-20-10-6-4-2-1-3-5-7-14-30-24-43-25-48-30/h8-9,11-13,15-16,22-26,31,34,44H,1-7,10,14,17-21H2. The smallest absolute Gasteiger partial charge is 0.458 e. The zero-order chi connectivity index (χ0) is 34.0. The molecule has 2 heterocycles. The van der Waals surface area contributed by atoms with Crippen molar-refractivity contribution in [2.24, 2.45) is 11.8 Å². The van der Waals surface area contributed by atoms with E-state index in [9.17, 15) is 26.7 Å². The van der Waals surface area contributed by atoms with Crippen molar-refractivity contribution in [1.82, 2.24) is 4.98 Å². The number of benzene rings is 2. The molecule has 1 N–H and O–H groups in total. The minimum absolute atomic E-state index is 0.0505. The molecule has 0 spiro atoms. The Morgan fingerprint density at radius 3 is 2.40 bits per heavy atom. The molecule has 48 heavy (non-hydrogen) atoms. The number of hydrogen-bond acceptors (Lipinski definition) is 6. The number of nitrogens with one attached hydrogen (secondary N) is 1. The number of aryl methyl sites for hydroxylation is 1. The van der Waals surface area contributed by atoms with Gasteiger partial charge in [-0.3, -0.25) is 4.79 Å². The third-order valence-electron chi connectivity index (χ3n) is 9.29. The van der Waals surface area contributed by atoms with E-state index < -0.39 is 17.7 Å². The van der Waals surface area contributed by atoms with E-state index >= 15 is 0 Å². The lowest BCUT2D eigenvalue weighted by Crippen LogP contribution is -2.43. The van der Waals surface area contributed by atoms with Gasteiger partial charge in [0, 0.05) is 17.7 Å². The molecule has 2 aliphatic rings. The summed E-state index contributed by atoms with van der Waals surface area (Å²) < 4.78 is 83.0. The number of unbranched alkanes of at least 4 members (excludes halogenated alkanes) is 7. The molecule has 11 heteroatoms. The second-order valence-corrected chi connectivity index (χ2v) is 12.7. The van der Waals surface area contributed by atoms with Gasteiger partial charge in [0.1, 0.15) is 11.5 Å². The Bertz CT molecular complexity index is 1490. The third-order valence-corrected chi connectivity index (χ3v) is 9.29. The Labute approximate surface area is 278 Å². The summed E-state index contributed by atoms with van der Waals surface area (Å²) in [4.78, 5) is 17.2. The topological polar surface area (TPSA) is 73.6 Å². The molecule has 1 aliphatic heterocycles. The largest absolute Gasteiger partial charge is 0.494 e. The van der Waals surface area contributed by atoms with Gasteiger partial charge in [-0.15, -0.1) is 0 Å². The number of fused-ring (bicyclic) bond motifs is 2. The second-order valence-electron chi connectivity index (χ2n) is 12.7. The number of carbonyl (C=O) groups excluding carboxylic acids is 1. The molecule has 0 bridgehead atoms. The molecule has 3 aromatic rings. The van der Waals surface area contributed by atoms with Gasteiger partial charge >= 0.3 is 18.1 Å². The molecule has 3 atom stereocenters. The van der Waals surface area contributed by atoms with E-state index in [2.05, 4.69) is 16.4 Å². The summed E-state index contributed by atoms with van der Waals surface area (Å²) in [6, 6.07) is 11.7. The Morgan fingerprint density at radius 1 is 0.896 bits per heavy atom. The van der Waals surface area contributed by atoms with E-state index in [1.807, 2.05) is 24.3 Å². The van der Waals surface area contributed by atoms with E-state index in [0.717, 1.165) is 79.3 Å². The maximum Gasteiger partial charge on any atom is 0.458 e. The molecule has 3 unspecified atom stereocenters. The van der Waals surface area contributed by atoms with Crippen LogP contribution < -0.4 is 10.1 Å². The summed E-state index contributed by atoms with van der Waals surface area (Å²) in [5.74, 6) is -4.64. The summed E-state index contributed by atoms with van der Waals surface area (Å²) in [5.41, 5.74) is 1.72. The van der Waals surface area contributed by atoms with Gasteiger partial charge in [0.15, 0.2) is 6.39 Å². The summed E-state index contributed by atoms with van der Waals surface area (Å²) in [5, 5.41) is 3.58. The lowest BCUT2D eigenvalue weighted by Gasteiger charge is -2.41. The van der Waals surface area contributed by atoms with E-state index in [1.54, 1.807) is 6.20 Å². The Hall–Kier alpha value is -3.89. The highest BCUT2D eigenvalue weighted by Gasteiger charge is 2.58. The van der Waals surface area contributed by atoms with Crippen LogP contribution in [0, 0.1) is 11.8 Å². The van der Waals surface area contributed by atoms with Gasteiger partial charge in [0.05, 0.1) is 31.4 Å². The molecule has 6 nitrogen and oxygen atoms in total. The zero-order valence-corrected chi connectivity index (χ0v) is 27.0. The number of esters is 1. The molecule has 1 aromatic heterocycles. The van der Waals surface area contributed by atoms with Gasteiger partial charge in [-0.2, -0.15) is 22.0 Å². The number of carbonyl (C=O) groups is 1. The number of alkyl halides is 5. The number of aromatic nitrogens is 1. The van der Waals surface area contributed by atoms with Gasteiger partial charge in [0.25, 0.3) is 0 Å². The fraction of sp³-hybridized carbons (Fsp3) is 0.514. The van der Waals surface area contributed by atoms with Crippen LogP contribution in [0.5, 0.6) is 5.75 Å². The van der Waals surface area contributed by atoms with Crippen LogP contribution in [-0.2, 0) is 21.9 Å². The van der Waals surface area contributed by atoms with Gasteiger partial charge in [-0.05, 0) is 67.4 Å². The fourth-order valence-electron chi connectivity index (χ4n) is 6.63. The Kier molecular flexibility index (Phi) is 12.2. The van der Waals surface area contributed by atoms with Crippen LogP contribution in [0.15, 0.2) is 71.1 Å². The van der Waals surface area contributed by atoms with Crippen molar-refractivity contribution in [1.29, 1.82) is 0 Å². The van der Waals surface area contributed by atoms with E-state index in [4.69, 9.17) is 13.9 Å². The molecule has 260 valence electrons. The van der Waals surface area contributed by atoms with Crippen LogP contribution in [0.25, 0.3) is 6.08 Å². The lowest BCUT2D eigenvalue weighted by atomic mass is 9.71. The number of para-hydroxylation sites is 1. The van der Waals surface area contributed by atoms with Gasteiger partial charge in [-0.25, -0.2) is 4.98 Å². The minimum atomic E-state index is -5.70. The average Bonchev–Trinajstić information content (AvgIpc) is 3.59. The molecular weight excluding hydrogens is 631 g/mol. The first-order valence-electron chi connectivity index (χ1n) is 16.9. The van der Waals surface area contributed by atoms with Crippen molar-refractivity contribution < 1.29 is 40.6 Å². The van der Waals surface area contributed by atoms with Crippen LogP contribution >= 0.6 is 0 Å². The van der Waals surface area contributed by atoms with Crippen LogP contribution in [0.2, 0.25) is 0 Å². The first-order valence-corrected chi connectivity index (χ1v) is 16.9. The van der Waals surface area contributed by atoms with Crippen molar-refractivity contribution in [3.63, 3.8) is 0 Å². The zero-order valence-electron chi connectivity index (χ0n) is 27.0. The maximum atomic E-state index is 13.9. The number of halogens is 5. The van der Waals surface area contributed by atoms with Crippen molar-refractivity contribution in [3.8, 4) is 5.75 Å². The molecule has 0 radical (unpaired) electrons. The number of ether oxygens (including phenoxy) is 2. The highest BCUT2D eigenvalue weighted by Crippen LogP contribution is 2.45. The highest BCUT2D eigenvalue weighted by atomic mass is 19.4. The van der Waals surface area contributed by atoms with Gasteiger partial charge < -0.3 is 19.2 Å².